The van der Waals surface area contributed by atoms with Crippen LogP contribution in [-0.2, 0) is 14.3 Å². The van der Waals surface area contributed by atoms with Crippen molar-refractivity contribution in [3.63, 3.8) is 0 Å². The van der Waals surface area contributed by atoms with Crippen molar-refractivity contribution in [2.75, 3.05) is 39.4 Å². The van der Waals surface area contributed by atoms with Crippen LogP contribution in [0, 0.1) is 5.82 Å². The maximum Gasteiger partial charge on any atom is 0.295 e. The van der Waals surface area contributed by atoms with Crippen molar-refractivity contribution < 1.29 is 28.7 Å². The second-order valence-electron chi connectivity index (χ2n) is 8.91. The average molecular weight is 453 g/mol. The molecule has 174 valence electrons. The topological polar surface area (TPSA) is 74.1 Å². The van der Waals surface area contributed by atoms with Crippen LogP contribution in [-0.4, -0.2) is 56.0 Å². The molecule has 2 fully saturated rings. The lowest BCUT2D eigenvalue weighted by Crippen LogP contribution is -3.14. The summed E-state index contributed by atoms with van der Waals surface area (Å²) in [5.41, 5.74) is 1.98. The number of nitrogens with zero attached hydrogens (tertiary/aromatic N) is 1. The highest BCUT2D eigenvalue weighted by molar-refractivity contribution is 6.46. The Morgan fingerprint density at radius 3 is 2.33 bits per heavy atom. The van der Waals surface area contributed by atoms with Gasteiger partial charge in [0.2, 0.25) is 5.78 Å². The molecule has 0 bridgehead atoms. The van der Waals surface area contributed by atoms with E-state index >= 15 is 0 Å². The third-order valence-corrected chi connectivity index (χ3v) is 6.46. The van der Waals surface area contributed by atoms with Gasteiger partial charge in [-0.1, -0.05) is 56.0 Å². The van der Waals surface area contributed by atoms with Gasteiger partial charge in [0.1, 0.15) is 18.9 Å². The van der Waals surface area contributed by atoms with E-state index in [-0.39, 0.29) is 11.1 Å². The summed E-state index contributed by atoms with van der Waals surface area (Å²) in [5.74, 6) is -2.12. The van der Waals surface area contributed by atoms with Crippen LogP contribution in [0.25, 0.3) is 5.76 Å². The number of benzene rings is 2. The van der Waals surface area contributed by atoms with Gasteiger partial charge in [-0.2, -0.15) is 0 Å². The minimum Gasteiger partial charge on any atom is -0.872 e. The van der Waals surface area contributed by atoms with Gasteiger partial charge in [-0.25, -0.2) is 4.39 Å². The fourth-order valence-corrected chi connectivity index (χ4v) is 4.46. The minimum absolute atomic E-state index is 0.0686. The monoisotopic (exact) mass is 452 g/mol. The number of morpholine rings is 1. The number of quaternary nitrogens is 1. The fourth-order valence-electron chi connectivity index (χ4n) is 4.46. The van der Waals surface area contributed by atoms with E-state index in [1.807, 2.05) is 24.3 Å². The molecule has 2 saturated heterocycles. The number of rotatable bonds is 6. The van der Waals surface area contributed by atoms with E-state index in [0.717, 1.165) is 24.2 Å². The molecule has 0 spiro atoms. The summed E-state index contributed by atoms with van der Waals surface area (Å²) < 4.78 is 18.8. The van der Waals surface area contributed by atoms with Gasteiger partial charge in [0.05, 0.1) is 32.3 Å². The van der Waals surface area contributed by atoms with Gasteiger partial charge in [-0.15, -0.1) is 0 Å². The molecule has 2 heterocycles. The average Bonchev–Trinajstić information content (AvgIpc) is 3.08. The van der Waals surface area contributed by atoms with Gasteiger partial charge in [-0.3, -0.25) is 9.59 Å². The number of hydrogen-bond donors (Lipinski definition) is 1. The van der Waals surface area contributed by atoms with Crippen molar-refractivity contribution in [2.24, 2.45) is 0 Å². The van der Waals surface area contributed by atoms with Gasteiger partial charge in [0, 0.05) is 5.57 Å². The third-order valence-electron chi connectivity index (χ3n) is 6.46. The molecule has 1 atom stereocenters. The lowest BCUT2D eigenvalue weighted by molar-refractivity contribution is -0.907. The van der Waals surface area contributed by atoms with Crippen molar-refractivity contribution >= 4 is 17.4 Å². The Balaban J connectivity index is 1.73. The number of carbonyl (C=O) groups is 2. The smallest absolute Gasteiger partial charge is 0.295 e. The largest absolute Gasteiger partial charge is 0.872 e. The molecule has 0 aromatic heterocycles. The van der Waals surface area contributed by atoms with Crippen molar-refractivity contribution in [3.8, 4) is 0 Å². The SMILES string of the molecule is CC(C)c1ccc(C2C(=C([O-])c3ccc(F)cc3)C(=O)C(=O)N2CC[NH+]2CCOCC2)cc1. The quantitative estimate of drug-likeness (QED) is 0.405. The Morgan fingerprint density at radius 1 is 1.09 bits per heavy atom. The Hall–Kier alpha value is -3.03. The number of nitrogens with one attached hydrogen (secondary N) is 1. The summed E-state index contributed by atoms with van der Waals surface area (Å²) in [5, 5.41) is 13.3. The lowest BCUT2D eigenvalue weighted by atomic mass is 9.93. The van der Waals surface area contributed by atoms with Crippen LogP contribution in [0.3, 0.4) is 0 Å². The number of ether oxygens (including phenoxy) is 1. The molecule has 6 nitrogen and oxygen atoms in total. The van der Waals surface area contributed by atoms with Crippen molar-refractivity contribution in [1.29, 1.82) is 0 Å². The fraction of sp³-hybridized carbons (Fsp3) is 0.385. The molecule has 1 unspecified atom stereocenters. The highest BCUT2D eigenvalue weighted by atomic mass is 19.1. The van der Waals surface area contributed by atoms with Crippen molar-refractivity contribution in [3.05, 3.63) is 76.6 Å². The number of carbonyl (C=O) groups excluding carboxylic acids is 2. The first kappa shape index (κ1) is 23.1. The zero-order chi connectivity index (χ0) is 23.5. The molecule has 33 heavy (non-hydrogen) atoms. The second kappa shape index (κ2) is 9.85. The van der Waals surface area contributed by atoms with Crippen LogP contribution in [0.1, 0.15) is 42.5 Å². The Bertz CT molecular complexity index is 1040. The number of amides is 1. The van der Waals surface area contributed by atoms with E-state index in [0.29, 0.717) is 32.2 Å². The van der Waals surface area contributed by atoms with Crippen molar-refractivity contribution in [2.45, 2.75) is 25.8 Å². The summed E-state index contributed by atoms with van der Waals surface area (Å²) in [6.45, 7) is 8.22. The number of likely N-dealkylation sites (tertiary alicyclic amines) is 1. The normalized spacial score (nSPS) is 21.2. The maximum absolute atomic E-state index is 13.4. The summed E-state index contributed by atoms with van der Waals surface area (Å²) in [4.78, 5) is 28.9. The van der Waals surface area contributed by atoms with E-state index in [2.05, 4.69) is 13.8 Å². The van der Waals surface area contributed by atoms with Gasteiger partial charge in [0.25, 0.3) is 5.91 Å². The number of halogens is 1. The molecule has 0 radical (unpaired) electrons. The summed E-state index contributed by atoms with van der Waals surface area (Å²) >= 11 is 0. The third kappa shape index (κ3) is 4.84. The van der Waals surface area contributed by atoms with Crippen LogP contribution >= 0.6 is 0 Å². The Morgan fingerprint density at radius 2 is 1.73 bits per heavy atom. The first-order valence-corrected chi connectivity index (χ1v) is 11.4. The number of Topliss-reactive ketones (excluding diaryl/α,β-unsaturated/α-hetero) is 1. The van der Waals surface area contributed by atoms with E-state index in [1.54, 1.807) is 0 Å². The molecule has 2 aliphatic rings. The zero-order valence-corrected chi connectivity index (χ0v) is 19.0. The Labute approximate surface area is 193 Å². The molecule has 2 aromatic carbocycles. The van der Waals surface area contributed by atoms with Gasteiger partial charge in [0.15, 0.2) is 0 Å². The molecular formula is C26H29FN2O4. The molecule has 1 N–H and O–H groups in total. The molecule has 0 saturated carbocycles. The van der Waals surface area contributed by atoms with Gasteiger partial charge >= 0.3 is 0 Å². The van der Waals surface area contributed by atoms with Crippen LogP contribution in [0.4, 0.5) is 4.39 Å². The van der Waals surface area contributed by atoms with Gasteiger partial charge < -0.3 is 19.6 Å². The summed E-state index contributed by atoms with van der Waals surface area (Å²) in [6, 6.07) is 12.0. The molecule has 2 aliphatic heterocycles. The zero-order valence-electron chi connectivity index (χ0n) is 19.0. The molecule has 2 aromatic rings. The van der Waals surface area contributed by atoms with Gasteiger partial charge in [-0.05, 0) is 34.7 Å². The van der Waals surface area contributed by atoms with E-state index < -0.39 is 29.3 Å². The predicted molar refractivity (Wildman–Crippen MR) is 120 cm³/mol. The molecular weight excluding hydrogens is 423 g/mol. The second-order valence-corrected chi connectivity index (χ2v) is 8.91. The highest BCUT2D eigenvalue weighted by Crippen LogP contribution is 2.38. The predicted octanol–water partition coefficient (Wildman–Crippen LogP) is 1.09. The molecule has 4 rings (SSSR count). The highest BCUT2D eigenvalue weighted by Gasteiger charge is 2.44. The first-order valence-electron chi connectivity index (χ1n) is 11.4. The first-order chi connectivity index (χ1) is 15.9. The maximum atomic E-state index is 13.4. The molecule has 1 amide bonds. The van der Waals surface area contributed by atoms with E-state index in [1.165, 1.54) is 34.1 Å². The van der Waals surface area contributed by atoms with E-state index in [4.69, 9.17) is 4.74 Å². The summed E-state index contributed by atoms with van der Waals surface area (Å²) in [7, 11) is 0. The van der Waals surface area contributed by atoms with Crippen LogP contribution in [0.5, 0.6) is 0 Å². The molecule has 0 aliphatic carbocycles. The van der Waals surface area contributed by atoms with Crippen molar-refractivity contribution in [1.82, 2.24) is 4.90 Å². The summed E-state index contributed by atoms with van der Waals surface area (Å²) in [6.07, 6.45) is 0. The lowest BCUT2D eigenvalue weighted by Gasteiger charge is -2.30. The number of ketones is 1. The Kier molecular flexibility index (Phi) is 6.91. The number of hydrogen-bond acceptors (Lipinski definition) is 4. The standard InChI is InChI=1S/C26H29FN2O4/c1-17(2)18-3-5-19(6-4-18)23-22(24(30)20-7-9-21(27)10-8-20)25(31)26(32)29(23)12-11-28-13-15-33-16-14-28/h3-10,17,23,30H,11-16H2,1-2H3. The van der Waals surface area contributed by atoms with Crippen LogP contribution < -0.4 is 10.0 Å². The van der Waals surface area contributed by atoms with E-state index in [9.17, 15) is 19.1 Å². The van der Waals surface area contributed by atoms with Crippen LogP contribution in [0.15, 0.2) is 54.1 Å². The van der Waals surface area contributed by atoms with Crippen LogP contribution in [0.2, 0.25) is 0 Å². The molecule has 7 heteroatoms. The minimum atomic E-state index is -0.778.